The quantitative estimate of drug-likeness (QED) is 0.447. The third-order valence-electron chi connectivity index (χ3n) is 6.73. The highest BCUT2D eigenvalue weighted by molar-refractivity contribution is 5.97. The molecule has 2 aromatic heterocycles. The first-order chi connectivity index (χ1) is 15.9. The van der Waals surface area contributed by atoms with Gasteiger partial charge in [0.15, 0.2) is 0 Å². The van der Waals surface area contributed by atoms with Crippen LogP contribution in [0.5, 0.6) is 0 Å². The van der Waals surface area contributed by atoms with Gasteiger partial charge in [-0.15, -0.1) is 0 Å². The van der Waals surface area contributed by atoms with Crippen LogP contribution in [0.4, 0.5) is 0 Å². The molecule has 2 aromatic carbocycles. The number of hydrogen-bond acceptors (Lipinski definition) is 4. The van der Waals surface area contributed by atoms with Crippen LogP contribution in [0.15, 0.2) is 59.7 Å². The van der Waals surface area contributed by atoms with E-state index in [0.717, 1.165) is 23.0 Å². The third-order valence-corrected chi connectivity index (χ3v) is 6.73. The maximum Gasteiger partial charge on any atom is 0.258 e. The zero-order valence-corrected chi connectivity index (χ0v) is 19.3. The molecule has 4 aromatic rings. The standard InChI is InChI=1S/C27H28N4O2/c1-17(2)31(16-18-5-4-6-18)26(32)21-8-10-23-24(14-21)29-25(15-28-23)20-7-9-22-19(13-20)11-12-30(3)27(22)33/h7-15,17-18H,4-6,16H2,1-3H3. The number of aryl methyl sites for hydroxylation is 1. The fourth-order valence-electron chi connectivity index (χ4n) is 4.44. The molecule has 1 amide bonds. The van der Waals surface area contributed by atoms with Crippen LogP contribution in [0.1, 0.15) is 43.5 Å². The summed E-state index contributed by atoms with van der Waals surface area (Å²) >= 11 is 0. The van der Waals surface area contributed by atoms with E-state index in [9.17, 15) is 9.59 Å². The lowest BCUT2D eigenvalue weighted by Crippen LogP contribution is -2.41. The van der Waals surface area contributed by atoms with Gasteiger partial charge in [0.1, 0.15) is 0 Å². The first-order valence-corrected chi connectivity index (χ1v) is 11.6. The Balaban J connectivity index is 1.50. The summed E-state index contributed by atoms with van der Waals surface area (Å²) in [5.74, 6) is 0.667. The summed E-state index contributed by atoms with van der Waals surface area (Å²) in [4.78, 5) is 37.0. The number of benzene rings is 2. The minimum atomic E-state index is -0.0246. The Morgan fingerprint density at radius 3 is 2.67 bits per heavy atom. The highest BCUT2D eigenvalue weighted by Crippen LogP contribution is 2.29. The summed E-state index contributed by atoms with van der Waals surface area (Å²) in [6.45, 7) is 4.96. The lowest BCUT2D eigenvalue weighted by molar-refractivity contribution is 0.0633. The van der Waals surface area contributed by atoms with E-state index >= 15 is 0 Å². The van der Waals surface area contributed by atoms with Gasteiger partial charge in [-0.2, -0.15) is 0 Å². The number of hydrogen-bond donors (Lipinski definition) is 0. The summed E-state index contributed by atoms with van der Waals surface area (Å²) in [7, 11) is 1.75. The molecule has 5 rings (SSSR count). The van der Waals surface area contributed by atoms with E-state index in [4.69, 9.17) is 4.98 Å². The zero-order chi connectivity index (χ0) is 23.1. The molecule has 6 nitrogen and oxygen atoms in total. The molecule has 0 spiro atoms. The average molecular weight is 441 g/mol. The summed E-state index contributed by atoms with van der Waals surface area (Å²) in [5.41, 5.74) is 3.66. The molecule has 0 bridgehead atoms. The van der Waals surface area contributed by atoms with Gasteiger partial charge >= 0.3 is 0 Å². The lowest BCUT2D eigenvalue weighted by atomic mass is 9.85. The van der Waals surface area contributed by atoms with Crippen LogP contribution in [-0.2, 0) is 7.05 Å². The van der Waals surface area contributed by atoms with Crippen LogP contribution < -0.4 is 5.56 Å². The fourth-order valence-corrected chi connectivity index (χ4v) is 4.44. The van der Waals surface area contributed by atoms with Crippen molar-refractivity contribution in [1.29, 1.82) is 0 Å². The SMILES string of the molecule is CC(C)N(CC1CCC1)C(=O)c1ccc2ncc(-c3ccc4c(=O)n(C)ccc4c3)nc2c1. The molecule has 168 valence electrons. The Kier molecular flexibility index (Phi) is 5.44. The number of rotatable bonds is 5. The molecule has 1 aliphatic rings. The molecule has 0 N–H and O–H groups in total. The zero-order valence-electron chi connectivity index (χ0n) is 19.3. The van der Waals surface area contributed by atoms with Gasteiger partial charge < -0.3 is 9.47 Å². The average Bonchev–Trinajstić information content (AvgIpc) is 2.79. The van der Waals surface area contributed by atoms with Crippen molar-refractivity contribution in [3.8, 4) is 11.3 Å². The monoisotopic (exact) mass is 440 g/mol. The Morgan fingerprint density at radius 1 is 1.12 bits per heavy atom. The maximum absolute atomic E-state index is 13.3. The number of carbonyl (C=O) groups excluding carboxylic acids is 1. The highest BCUT2D eigenvalue weighted by Gasteiger charge is 2.26. The molecule has 1 fully saturated rings. The van der Waals surface area contributed by atoms with Gasteiger partial charge in [-0.1, -0.05) is 12.5 Å². The molecule has 0 unspecified atom stereocenters. The summed E-state index contributed by atoms with van der Waals surface area (Å²) in [6.07, 6.45) is 7.19. The molecule has 0 saturated heterocycles. The molecule has 33 heavy (non-hydrogen) atoms. The van der Waals surface area contributed by atoms with Gasteiger partial charge in [-0.05, 0) is 74.4 Å². The second-order valence-corrected chi connectivity index (χ2v) is 9.34. The molecule has 0 radical (unpaired) electrons. The van der Waals surface area contributed by atoms with Gasteiger partial charge in [0.2, 0.25) is 0 Å². The second kappa shape index (κ2) is 8.43. The predicted molar refractivity (Wildman–Crippen MR) is 131 cm³/mol. The number of carbonyl (C=O) groups is 1. The van der Waals surface area contributed by atoms with Gasteiger partial charge in [0.05, 0.1) is 22.9 Å². The normalized spacial score (nSPS) is 14.1. The first-order valence-electron chi connectivity index (χ1n) is 11.6. The molecule has 2 heterocycles. The van der Waals surface area contributed by atoms with Gasteiger partial charge in [0, 0.05) is 42.3 Å². The summed E-state index contributed by atoms with van der Waals surface area (Å²) in [5, 5.41) is 1.54. The molecular formula is C27H28N4O2. The molecule has 6 heteroatoms. The van der Waals surface area contributed by atoms with Crippen molar-refractivity contribution in [3.63, 3.8) is 0 Å². The van der Waals surface area contributed by atoms with Crippen LogP contribution in [0.2, 0.25) is 0 Å². The van der Waals surface area contributed by atoms with Crippen molar-refractivity contribution in [2.75, 3.05) is 6.54 Å². The number of nitrogens with zero attached hydrogens (tertiary/aromatic N) is 4. The Labute approximate surface area is 192 Å². The van der Waals surface area contributed by atoms with Crippen molar-refractivity contribution in [1.82, 2.24) is 19.4 Å². The number of aromatic nitrogens is 3. The van der Waals surface area contributed by atoms with E-state index in [-0.39, 0.29) is 17.5 Å². The molecule has 1 aliphatic carbocycles. The summed E-state index contributed by atoms with van der Waals surface area (Å²) in [6, 6.07) is 13.3. The first kappa shape index (κ1) is 21.3. The van der Waals surface area contributed by atoms with Gasteiger partial charge in [-0.25, -0.2) is 4.98 Å². The van der Waals surface area contributed by atoms with E-state index in [1.165, 1.54) is 19.3 Å². The Morgan fingerprint density at radius 2 is 1.94 bits per heavy atom. The predicted octanol–water partition coefficient (Wildman–Crippen LogP) is 4.80. The van der Waals surface area contributed by atoms with Gasteiger partial charge in [-0.3, -0.25) is 14.6 Å². The number of amides is 1. The van der Waals surface area contributed by atoms with E-state index in [0.29, 0.717) is 28.1 Å². The van der Waals surface area contributed by atoms with Crippen molar-refractivity contribution < 1.29 is 4.79 Å². The topological polar surface area (TPSA) is 68.1 Å². The van der Waals surface area contributed by atoms with Crippen molar-refractivity contribution in [2.45, 2.75) is 39.2 Å². The van der Waals surface area contributed by atoms with Crippen molar-refractivity contribution in [2.24, 2.45) is 13.0 Å². The molecule has 1 saturated carbocycles. The minimum Gasteiger partial charge on any atom is -0.336 e. The smallest absolute Gasteiger partial charge is 0.258 e. The van der Waals surface area contributed by atoms with E-state index in [1.807, 2.05) is 47.4 Å². The molecule has 0 atom stereocenters. The maximum atomic E-state index is 13.3. The lowest BCUT2D eigenvalue weighted by Gasteiger charge is -2.35. The highest BCUT2D eigenvalue weighted by atomic mass is 16.2. The van der Waals surface area contributed by atoms with E-state index in [2.05, 4.69) is 18.8 Å². The number of fused-ring (bicyclic) bond motifs is 2. The molecular weight excluding hydrogens is 412 g/mol. The Hall–Kier alpha value is -3.54. The van der Waals surface area contributed by atoms with Crippen molar-refractivity contribution >= 4 is 27.7 Å². The van der Waals surface area contributed by atoms with Crippen LogP contribution in [0.25, 0.3) is 33.1 Å². The van der Waals surface area contributed by atoms with Crippen LogP contribution in [-0.4, -0.2) is 37.9 Å². The molecule has 0 aliphatic heterocycles. The Bertz CT molecular complexity index is 1420. The minimum absolute atomic E-state index is 0.0246. The largest absolute Gasteiger partial charge is 0.336 e. The van der Waals surface area contributed by atoms with Crippen LogP contribution >= 0.6 is 0 Å². The summed E-state index contributed by atoms with van der Waals surface area (Å²) < 4.78 is 1.57. The van der Waals surface area contributed by atoms with Crippen molar-refractivity contribution in [3.05, 3.63) is 70.8 Å². The van der Waals surface area contributed by atoms with E-state index < -0.39 is 0 Å². The number of pyridine rings is 1. The third kappa shape index (κ3) is 4.01. The van der Waals surface area contributed by atoms with Crippen LogP contribution in [0.3, 0.4) is 0 Å². The van der Waals surface area contributed by atoms with E-state index in [1.54, 1.807) is 24.0 Å². The van der Waals surface area contributed by atoms with Crippen LogP contribution in [0, 0.1) is 5.92 Å². The van der Waals surface area contributed by atoms with Gasteiger partial charge in [0.25, 0.3) is 11.5 Å². The second-order valence-electron chi connectivity index (χ2n) is 9.34. The fraction of sp³-hybridized carbons (Fsp3) is 0.333.